The lowest BCUT2D eigenvalue weighted by Crippen LogP contribution is -2.53. The molecule has 23 heavy (non-hydrogen) atoms. The van der Waals surface area contributed by atoms with Crippen LogP contribution in [0.15, 0.2) is 12.3 Å². The molecule has 0 spiro atoms. The number of aliphatic hydroxyl groups excluding tert-OH is 1. The van der Waals surface area contributed by atoms with Crippen LogP contribution in [0.1, 0.15) is 26.2 Å². The number of likely N-dealkylation sites (tertiary alicyclic amines) is 1. The van der Waals surface area contributed by atoms with Gasteiger partial charge >= 0.3 is 6.03 Å². The number of aliphatic hydroxyl groups is 1. The van der Waals surface area contributed by atoms with Gasteiger partial charge < -0.3 is 20.1 Å². The summed E-state index contributed by atoms with van der Waals surface area (Å²) in [5, 5.41) is 13.2. The average molecular weight is 362 g/mol. The Labute approximate surface area is 145 Å². The second kappa shape index (κ2) is 8.04. The Kier molecular flexibility index (Phi) is 6.33. The van der Waals surface area contributed by atoms with Gasteiger partial charge in [0.15, 0.2) is 0 Å². The number of nitrogens with one attached hydrogen (secondary N) is 1. The molecule has 0 radical (unpaired) electrons. The number of rotatable bonds is 6. The predicted molar refractivity (Wildman–Crippen MR) is 89.2 cm³/mol. The van der Waals surface area contributed by atoms with Crippen molar-refractivity contribution in [1.29, 1.82) is 0 Å². The Bertz CT molecular complexity index is 553. The summed E-state index contributed by atoms with van der Waals surface area (Å²) in [6.45, 7) is 3.19. The highest BCUT2D eigenvalue weighted by atomic mass is 35.5. The lowest BCUT2D eigenvalue weighted by atomic mass is 9.94. The summed E-state index contributed by atoms with van der Waals surface area (Å²) in [4.78, 5) is 18.0. The summed E-state index contributed by atoms with van der Waals surface area (Å²) in [6.07, 6.45) is 3.91. The molecule has 2 N–H and O–H groups in total. The highest BCUT2D eigenvalue weighted by Gasteiger charge is 2.41. The summed E-state index contributed by atoms with van der Waals surface area (Å²) in [7, 11) is 0. The predicted octanol–water partition coefficient (Wildman–Crippen LogP) is 2.71. The Balaban J connectivity index is 1.81. The highest BCUT2D eigenvalue weighted by molar-refractivity contribution is 6.35. The minimum Gasteiger partial charge on any atom is -0.475 e. The van der Waals surface area contributed by atoms with E-state index in [4.69, 9.17) is 27.9 Å². The van der Waals surface area contributed by atoms with E-state index in [1.54, 1.807) is 11.0 Å². The molecule has 0 aromatic carbocycles. The third-order valence-corrected chi connectivity index (χ3v) is 4.66. The van der Waals surface area contributed by atoms with Crippen molar-refractivity contribution in [1.82, 2.24) is 15.2 Å². The van der Waals surface area contributed by atoms with Gasteiger partial charge in [0.2, 0.25) is 5.88 Å². The van der Waals surface area contributed by atoms with Gasteiger partial charge in [-0.3, -0.25) is 0 Å². The van der Waals surface area contributed by atoms with E-state index in [0.29, 0.717) is 23.1 Å². The first-order chi connectivity index (χ1) is 11.0. The molecule has 2 rings (SSSR count). The first-order valence-electron chi connectivity index (χ1n) is 7.62. The first kappa shape index (κ1) is 18.1. The number of hydrogen-bond acceptors (Lipinski definition) is 4. The van der Waals surface area contributed by atoms with Gasteiger partial charge in [-0.1, -0.05) is 30.1 Å². The van der Waals surface area contributed by atoms with E-state index in [1.165, 1.54) is 6.20 Å². The van der Waals surface area contributed by atoms with Crippen molar-refractivity contribution in [3.8, 4) is 5.88 Å². The third-order valence-electron chi connectivity index (χ3n) is 4.19. The summed E-state index contributed by atoms with van der Waals surface area (Å²) >= 11 is 11.7. The Morgan fingerprint density at radius 2 is 2.35 bits per heavy atom. The van der Waals surface area contributed by atoms with Crippen molar-refractivity contribution in [3.05, 3.63) is 22.3 Å². The number of hydrogen-bond donors (Lipinski definition) is 2. The molecule has 0 bridgehead atoms. The maximum Gasteiger partial charge on any atom is 0.318 e. The fraction of sp³-hybridized carbons (Fsp3) is 0.600. The number of nitrogens with zero attached hydrogens (tertiary/aromatic N) is 2. The summed E-state index contributed by atoms with van der Waals surface area (Å²) in [5.74, 6) is 0.282. The molecule has 128 valence electrons. The summed E-state index contributed by atoms with van der Waals surface area (Å²) in [5.41, 5.74) is -0.439. The van der Waals surface area contributed by atoms with Crippen LogP contribution >= 0.6 is 23.2 Å². The smallest absolute Gasteiger partial charge is 0.318 e. The Morgan fingerprint density at radius 1 is 1.57 bits per heavy atom. The molecule has 0 aliphatic carbocycles. The Morgan fingerprint density at radius 3 is 3.00 bits per heavy atom. The van der Waals surface area contributed by atoms with Crippen molar-refractivity contribution >= 4 is 29.2 Å². The average Bonchev–Trinajstić information content (AvgIpc) is 2.97. The van der Waals surface area contributed by atoms with Crippen molar-refractivity contribution < 1.29 is 14.6 Å². The fourth-order valence-electron chi connectivity index (χ4n) is 2.81. The summed E-state index contributed by atoms with van der Waals surface area (Å²) < 4.78 is 5.43. The standard InChI is InChI=1S/C15H21Cl2N3O3/c1-2-15(10-21)4-3-6-20(15)14(22)18-5-7-23-13-12(17)8-11(16)9-19-13/h8-9,21H,2-7,10H2,1H3,(H,18,22). The maximum atomic E-state index is 12.3. The monoisotopic (exact) mass is 361 g/mol. The molecular weight excluding hydrogens is 341 g/mol. The Hall–Kier alpha value is -1.24. The molecule has 1 aromatic rings. The van der Waals surface area contributed by atoms with Crippen molar-refractivity contribution in [2.75, 3.05) is 26.3 Å². The zero-order chi connectivity index (χ0) is 16.9. The number of ether oxygens (including phenoxy) is 1. The van der Waals surface area contributed by atoms with Gasteiger partial charge in [0.05, 0.1) is 23.7 Å². The quantitative estimate of drug-likeness (QED) is 0.763. The molecule has 6 nitrogen and oxygen atoms in total. The zero-order valence-electron chi connectivity index (χ0n) is 13.0. The van der Waals surface area contributed by atoms with Crippen LogP contribution in [0.3, 0.4) is 0 Å². The molecule has 1 atom stereocenters. The van der Waals surface area contributed by atoms with Crippen LogP contribution in [0.25, 0.3) is 0 Å². The molecule has 1 fully saturated rings. The van der Waals surface area contributed by atoms with E-state index in [0.717, 1.165) is 19.3 Å². The van der Waals surface area contributed by atoms with Gasteiger partial charge in [-0.25, -0.2) is 9.78 Å². The van der Waals surface area contributed by atoms with Crippen molar-refractivity contribution in [2.24, 2.45) is 0 Å². The molecule has 1 aromatic heterocycles. The maximum absolute atomic E-state index is 12.3. The van der Waals surface area contributed by atoms with Crippen LogP contribution in [0.2, 0.25) is 10.0 Å². The minimum absolute atomic E-state index is 0.0161. The van der Waals surface area contributed by atoms with Crippen LogP contribution in [-0.2, 0) is 0 Å². The van der Waals surface area contributed by atoms with Crippen LogP contribution in [0.5, 0.6) is 5.88 Å². The van der Waals surface area contributed by atoms with Crippen LogP contribution in [-0.4, -0.2) is 52.9 Å². The number of carbonyl (C=O) groups excluding carboxylic acids is 1. The van der Waals surface area contributed by atoms with Gasteiger partial charge in [-0.05, 0) is 25.3 Å². The van der Waals surface area contributed by atoms with Gasteiger partial charge in [-0.15, -0.1) is 0 Å². The van der Waals surface area contributed by atoms with E-state index in [1.807, 2.05) is 6.92 Å². The number of amides is 2. The normalized spacial score (nSPS) is 20.6. The van der Waals surface area contributed by atoms with Gasteiger partial charge in [-0.2, -0.15) is 0 Å². The molecule has 1 aliphatic heterocycles. The topological polar surface area (TPSA) is 74.7 Å². The highest BCUT2D eigenvalue weighted by Crippen LogP contribution is 2.31. The van der Waals surface area contributed by atoms with E-state index in [2.05, 4.69) is 10.3 Å². The first-order valence-corrected chi connectivity index (χ1v) is 8.38. The van der Waals surface area contributed by atoms with Crippen LogP contribution < -0.4 is 10.1 Å². The molecule has 2 amide bonds. The van der Waals surface area contributed by atoms with Gasteiger partial charge in [0, 0.05) is 12.7 Å². The zero-order valence-corrected chi connectivity index (χ0v) is 14.5. The molecule has 1 saturated heterocycles. The lowest BCUT2D eigenvalue weighted by Gasteiger charge is -2.36. The van der Waals surface area contributed by atoms with Crippen LogP contribution in [0.4, 0.5) is 4.79 Å². The third kappa shape index (κ3) is 4.19. The number of urea groups is 1. The number of halogens is 2. The second-order valence-electron chi connectivity index (χ2n) is 5.51. The molecule has 1 unspecified atom stereocenters. The molecule has 1 aliphatic rings. The second-order valence-corrected chi connectivity index (χ2v) is 6.36. The molecule has 2 heterocycles. The largest absolute Gasteiger partial charge is 0.475 e. The number of aromatic nitrogens is 1. The van der Waals surface area contributed by atoms with E-state index in [-0.39, 0.29) is 25.1 Å². The van der Waals surface area contributed by atoms with E-state index in [9.17, 15) is 9.90 Å². The van der Waals surface area contributed by atoms with Crippen molar-refractivity contribution in [3.63, 3.8) is 0 Å². The molecular formula is C15H21Cl2N3O3. The fourth-order valence-corrected chi connectivity index (χ4v) is 3.24. The van der Waals surface area contributed by atoms with Crippen LogP contribution in [0, 0.1) is 0 Å². The van der Waals surface area contributed by atoms with Gasteiger partial charge in [0.25, 0.3) is 0 Å². The minimum atomic E-state index is -0.439. The van der Waals surface area contributed by atoms with Gasteiger partial charge in [0.1, 0.15) is 11.6 Å². The molecule has 8 heteroatoms. The van der Waals surface area contributed by atoms with E-state index < -0.39 is 5.54 Å². The number of pyridine rings is 1. The number of carbonyl (C=O) groups is 1. The summed E-state index contributed by atoms with van der Waals surface area (Å²) in [6, 6.07) is 1.36. The van der Waals surface area contributed by atoms with E-state index >= 15 is 0 Å². The lowest BCUT2D eigenvalue weighted by molar-refractivity contribution is 0.0806. The molecule has 0 saturated carbocycles. The SMILES string of the molecule is CCC1(CO)CCCN1C(=O)NCCOc1ncc(Cl)cc1Cl. The van der Waals surface area contributed by atoms with Crippen molar-refractivity contribution in [2.45, 2.75) is 31.7 Å².